The Labute approximate surface area is 130 Å². The number of para-hydroxylation sites is 1. The zero-order valence-corrected chi connectivity index (χ0v) is 12.5. The first-order valence-electron chi connectivity index (χ1n) is 7.41. The zero-order chi connectivity index (χ0) is 16.1. The number of hydrogen-bond acceptors (Lipinski definition) is 2. The molecule has 0 amide bonds. The van der Waals surface area contributed by atoms with Gasteiger partial charge in [-0.15, -0.1) is 0 Å². The van der Waals surface area contributed by atoms with E-state index in [9.17, 15) is 14.7 Å². The van der Waals surface area contributed by atoms with E-state index in [-0.39, 0.29) is 5.56 Å². The van der Waals surface area contributed by atoms with Crippen molar-refractivity contribution in [2.24, 2.45) is 0 Å². The smallest absolute Gasteiger partial charge is 0.341 e. The second-order valence-corrected chi connectivity index (χ2v) is 5.55. The van der Waals surface area contributed by atoms with E-state index in [4.69, 9.17) is 0 Å². The number of aromatic carboxylic acids is 1. The molecule has 4 rings (SSSR count). The standard InChI is InChI=1S/C18H14N2O3/c1-2-20-9-13(18(22)23)17(21)12-7-11-10-5-3-4-6-14(10)19-15(11)8-16(12)20/h3-9,19H,2H2,1H3,(H,22,23). The van der Waals surface area contributed by atoms with E-state index in [1.807, 2.05) is 37.3 Å². The van der Waals surface area contributed by atoms with Gasteiger partial charge in [0.05, 0.1) is 5.52 Å². The Morgan fingerprint density at radius 2 is 1.91 bits per heavy atom. The van der Waals surface area contributed by atoms with Crippen LogP contribution in [0.25, 0.3) is 32.7 Å². The molecule has 0 unspecified atom stereocenters. The summed E-state index contributed by atoms with van der Waals surface area (Å²) in [5, 5.41) is 11.7. The molecule has 0 spiro atoms. The predicted molar refractivity (Wildman–Crippen MR) is 90.2 cm³/mol. The highest BCUT2D eigenvalue weighted by Crippen LogP contribution is 2.28. The summed E-state index contributed by atoms with van der Waals surface area (Å²) in [7, 11) is 0. The first-order valence-corrected chi connectivity index (χ1v) is 7.41. The van der Waals surface area contributed by atoms with Crippen molar-refractivity contribution in [3.05, 3.63) is 58.4 Å². The molecule has 0 aliphatic rings. The maximum absolute atomic E-state index is 12.5. The number of rotatable bonds is 2. The quantitative estimate of drug-likeness (QED) is 0.596. The molecule has 2 N–H and O–H groups in total. The monoisotopic (exact) mass is 306 g/mol. The van der Waals surface area contributed by atoms with Crippen LogP contribution < -0.4 is 5.43 Å². The minimum atomic E-state index is -1.20. The van der Waals surface area contributed by atoms with E-state index >= 15 is 0 Å². The number of carboxylic acids is 1. The lowest BCUT2D eigenvalue weighted by atomic mass is 10.1. The summed E-state index contributed by atoms with van der Waals surface area (Å²) in [5.74, 6) is -1.20. The van der Waals surface area contributed by atoms with E-state index in [2.05, 4.69) is 4.98 Å². The molecular weight excluding hydrogens is 292 g/mol. The van der Waals surface area contributed by atoms with Crippen molar-refractivity contribution in [3.63, 3.8) is 0 Å². The average Bonchev–Trinajstić information content (AvgIpc) is 2.91. The molecule has 5 heteroatoms. The van der Waals surface area contributed by atoms with Crippen molar-refractivity contribution in [2.75, 3.05) is 0 Å². The van der Waals surface area contributed by atoms with Gasteiger partial charge in [-0.3, -0.25) is 4.79 Å². The molecule has 0 bridgehead atoms. The Kier molecular flexibility index (Phi) is 2.78. The fourth-order valence-corrected chi connectivity index (χ4v) is 3.15. The van der Waals surface area contributed by atoms with E-state index in [1.165, 1.54) is 6.20 Å². The second kappa shape index (κ2) is 4.71. The Bertz CT molecular complexity index is 1150. The average molecular weight is 306 g/mol. The highest BCUT2D eigenvalue weighted by Gasteiger charge is 2.16. The fraction of sp³-hybridized carbons (Fsp3) is 0.111. The highest BCUT2D eigenvalue weighted by molar-refractivity contribution is 6.11. The third-order valence-corrected chi connectivity index (χ3v) is 4.28. The zero-order valence-electron chi connectivity index (χ0n) is 12.5. The molecule has 0 saturated carbocycles. The molecule has 4 aromatic rings. The van der Waals surface area contributed by atoms with Crippen LogP contribution >= 0.6 is 0 Å². The number of aromatic amines is 1. The molecule has 5 nitrogen and oxygen atoms in total. The van der Waals surface area contributed by atoms with E-state index in [1.54, 1.807) is 10.6 Å². The molecule has 0 radical (unpaired) electrons. The molecule has 0 fully saturated rings. The van der Waals surface area contributed by atoms with Crippen molar-refractivity contribution < 1.29 is 9.90 Å². The summed E-state index contributed by atoms with van der Waals surface area (Å²) in [4.78, 5) is 27.2. The minimum Gasteiger partial charge on any atom is -0.477 e. The van der Waals surface area contributed by atoms with Crippen LogP contribution in [0.1, 0.15) is 17.3 Å². The van der Waals surface area contributed by atoms with Crippen molar-refractivity contribution in [1.82, 2.24) is 9.55 Å². The number of pyridine rings is 1. The van der Waals surface area contributed by atoms with E-state index in [0.29, 0.717) is 11.9 Å². The number of H-pyrrole nitrogens is 1. The van der Waals surface area contributed by atoms with Gasteiger partial charge in [0.15, 0.2) is 0 Å². The third-order valence-electron chi connectivity index (χ3n) is 4.28. The molecule has 2 aromatic heterocycles. The fourth-order valence-electron chi connectivity index (χ4n) is 3.15. The van der Waals surface area contributed by atoms with Gasteiger partial charge in [0.25, 0.3) is 0 Å². The molecule has 0 saturated heterocycles. The van der Waals surface area contributed by atoms with Crippen LogP contribution in [-0.2, 0) is 6.54 Å². The molecular formula is C18H14N2O3. The number of aryl methyl sites for hydroxylation is 1. The second-order valence-electron chi connectivity index (χ2n) is 5.55. The summed E-state index contributed by atoms with van der Waals surface area (Å²) in [6.07, 6.45) is 1.42. The molecule has 2 aromatic carbocycles. The Hall–Kier alpha value is -3.08. The third kappa shape index (κ3) is 1.86. The summed E-state index contributed by atoms with van der Waals surface area (Å²) < 4.78 is 1.80. The highest BCUT2D eigenvalue weighted by atomic mass is 16.4. The molecule has 23 heavy (non-hydrogen) atoms. The largest absolute Gasteiger partial charge is 0.477 e. The van der Waals surface area contributed by atoms with Gasteiger partial charge in [0.2, 0.25) is 5.43 Å². The van der Waals surface area contributed by atoms with Crippen LogP contribution in [0.3, 0.4) is 0 Å². The first kappa shape index (κ1) is 13.6. The van der Waals surface area contributed by atoms with Gasteiger partial charge in [-0.25, -0.2) is 4.79 Å². The Morgan fingerprint density at radius 1 is 1.13 bits per heavy atom. The summed E-state index contributed by atoms with van der Waals surface area (Å²) >= 11 is 0. The molecule has 0 aliphatic carbocycles. The number of carbonyl (C=O) groups is 1. The van der Waals surface area contributed by atoms with Crippen LogP contribution in [-0.4, -0.2) is 20.6 Å². The normalized spacial score (nSPS) is 11.5. The van der Waals surface area contributed by atoms with Crippen LogP contribution in [0.5, 0.6) is 0 Å². The lowest BCUT2D eigenvalue weighted by Crippen LogP contribution is -2.18. The minimum absolute atomic E-state index is 0.196. The number of nitrogens with zero attached hydrogens (tertiary/aromatic N) is 1. The van der Waals surface area contributed by atoms with Gasteiger partial charge in [0, 0.05) is 39.9 Å². The van der Waals surface area contributed by atoms with Gasteiger partial charge >= 0.3 is 5.97 Å². The van der Waals surface area contributed by atoms with Crippen LogP contribution in [0, 0.1) is 0 Å². The van der Waals surface area contributed by atoms with E-state index in [0.717, 1.165) is 27.3 Å². The Balaban J connectivity index is 2.24. The van der Waals surface area contributed by atoms with Gasteiger partial charge in [0.1, 0.15) is 5.56 Å². The number of aromatic nitrogens is 2. The van der Waals surface area contributed by atoms with Gasteiger partial charge < -0.3 is 14.7 Å². The molecule has 114 valence electrons. The summed E-state index contributed by atoms with van der Waals surface area (Å²) in [6, 6.07) is 11.6. The first-order chi connectivity index (χ1) is 11.1. The van der Waals surface area contributed by atoms with Gasteiger partial charge in [-0.05, 0) is 25.1 Å². The van der Waals surface area contributed by atoms with Crippen LogP contribution in [0.2, 0.25) is 0 Å². The molecule has 2 heterocycles. The maximum atomic E-state index is 12.5. The van der Waals surface area contributed by atoms with Crippen LogP contribution in [0.15, 0.2) is 47.4 Å². The number of nitrogens with one attached hydrogen (secondary N) is 1. The Morgan fingerprint density at radius 3 is 2.65 bits per heavy atom. The number of fused-ring (bicyclic) bond motifs is 4. The van der Waals surface area contributed by atoms with Crippen molar-refractivity contribution >= 4 is 38.7 Å². The van der Waals surface area contributed by atoms with Crippen molar-refractivity contribution in [3.8, 4) is 0 Å². The van der Waals surface area contributed by atoms with Crippen LogP contribution in [0.4, 0.5) is 0 Å². The molecule has 0 aliphatic heterocycles. The summed E-state index contributed by atoms with van der Waals surface area (Å²) in [5.41, 5.74) is 2.03. The van der Waals surface area contributed by atoms with E-state index < -0.39 is 11.4 Å². The number of hydrogen-bond donors (Lipinski definition) is 2. The lowest BCUT2D eigenvalue weighted by molar-refractivity contribution is 0.0695. The maximum Gasteiger partial charge on any atom is 0.341 e. The predicted octanol–water partition coefficient (Wildman–Crippen LogP) is 3.35. The number of carboxylic acid groups (broad SMARTS) is 1. The van der Waals surface area contributed by atoms with Crippen molar-refractivity contribution in [1.29, 1.82) is 0 Å². The van der Waals surface area contributed by atoms with Gasteiger partial charge in [-0.1, -0.05) is 18.2 Å². The SMILES string of the molecule is CCn1cc(C(=O)O)c(=O)c2cc3c(cc21)[nH]c1ccccc13. The van der Waals surface area contributed by atoms with Gasteiger partial charge in [-0.2, -0.15) is 0 Å². The molecule has 0 atom stereocenters. The lowest BCUT2D eigenvalue weighted by Gasteiger charge is -2.10. The number of benzene rings is 2. The van der Waals surface area contributed by atoms with Crippen molar-refractivity contribution in [2.45, 2.75) is 13.5 Å². The summed E-state index contributed by atoms with van der Waals surface area (Å²) in [6.45, 7) is 2.51. The topological polar surface area (TPSA) is 75.1 Å².